The second-order valence-electron chi connectivity index (χ2n) is 6.24. The van der Waals surface area contributed by atoms with E-state index in [9.17, 15) is 27.9 Å². The molecular formula is C17H23ClF3N3O4. The fraction of sp³-hybridized carbons (Fsp3) is 0.529. The number of methoxy groups -OCH3 is 1. The van der Waals surface area contributed by atoms with E-state index in [-0.39, 0.29) is 30.3 Å². The first-order valence-electron chi connectivity index (χ1n) is 8.33. The number of carboxylic acids is 1. The standard InChI is InChI=1S/C17H22F3N3O4.ClH/c1-21-5-7-22(8-6-21)12-3-4-13(15(24)25)14(11-12)23(9-10-27-2)16(26)17(18,19)20;/h3-4,11H,5-10H2,1-2H3,(H,24,25);1H. The van der Waals surface area contributed by atoms with Gasteiger partial charge in [0.2, 0.25) is 0 Å². The first kappa shape index (κ1) is 24.0. The molecule has 1 heterocycles. The van der Waals surface area contributed by atoms with Crippen molar-refractivity contribution < 1.29 is 32.6 Å². The number of anilines is 2. The monoisotopic (exact) mass is 425 g/mol. The third kappa shape index (κ3) is 5.73. The van der Waals surface area contributed by atoms with Gasteiger partial charge in [0.25, 0.3) is 0 Å². The molecule has 11 heteroatoms. The van der Waals surface area contributed by atoms with Crippen LogP contribution in [0.15, 0.2) is 18.2 Å². The average Bonchev–Trinajstić information content (AvgIpc) is 2.61. The van der Waals surface area contributed by atoms with E-state index in [0.29, 0.717) is 23.7 Å². The lowest BCUT2D eigenvalue weighted by atomic mass is 10.1. The Morgan fingerprint density at radius 1 is 1.21 bits per heavy atom. The van der Waals surface area contributed by atoms with E-state index in [1.54, 1.807) is 6.07 Å². The number of hydrogen-bond donors (Lipinski definition) is 1. The van der Waals surface area contributed by atoms with E-state index < -0.39 is 24.6 Å². The van der Waals surface area contributed by atoms with E-state index >= 15 is 0 Å². The van der Waals surface area contributed by atoms with Crippen LogP contribution >= 0.6 is 12.4 Å². The zero-order valence-corrected chi connectivity index (χ0v) is 16.3. The molecule has 28 heavy (non-hydrogen) atoms. The Morgan fingerprint density at radius 2 is 1.82 bits per heavy atom. The number of aromatic carboxylic acids is 1. The number of likely N-dealkylation sites (N-methyl/N-ethyl adjacent to an activating group) is 1. The zero-order chi connectivity index (χ0) is 20.2. The lowest BCUT2D eigenvalue weighted by Gasteiger charge is -2.35. The molecule has 0 atom stereocenters. The number of hydrogen-bond acceptors (Lipinski definition) is 5. The van der Waals surface area contributed by atoms with Crippen LogP contribution in [-0.4, -0.2) is 81.5 Å². The second-order valence-corrected chi connectivity index (χ2v) is 6.24. The number of rotatable bonds is 6. The topological polar surface area (TPSA) is 73.3 Å². The van der Waals surface area contributed by atoms with Crippen molar-refractivity contribution in [2.45, 2.75) is 6.18 Å². The van der Waals surface area contributed by atoms with Crippen LogP contribution in [0.5, 0.6) is 0 Å². The summed E-state index contributed by atoms with van der Waals surface area (Å²) in [5, 5.41) is 9.39. The highest BCUT2D eigenvalue weighted by atomic mass is 35.5. The lowest BCUT2D eigenvalue weighted by Crippen LogP contribution is -2.45. The van der Waals surface area contributed by atoms with Crippen molar-refractivity contribution >= 4 is 35.7 Å². The Kier molecular flexibility index (Phi) is 8.52. The maximum Gasteiger partial charge on any atom is 0.471 e. The minimum Gasteiger partial charge on any atom is -0.478 e. The predicted molar refractivity (Wildman–Crippen MR) is 101 cm³/mol. The summed E-state index contributed by atoms with van der Waals surface area (Å²) in [4.78, 5) is 27.9. The number of nitrogens with zero attached hydrogens (tertiary/aromatic N) is 3. The Balaban J connectivity index is 0.00000392. The summed E-state index contributed by atoms with van der Waals surface area (Å²) in [6.45, 7) is 2.25. The van der Waals surface area contributed by atoms with Crippen molar-refractivity contribution in [1.82, 2.24) is 4.90 Å². The molecule has 1 aromatic carbocycles. The SMILES string of the molecule is COCCN(C(=O)C(F)(F)F)c1cc(N2CCN(C)CC2)ccc1C(=O)O.Cl. The Labute approximate surface area is 167 Å². The van der Waals surface area contributed by atoms with Gasteiger partial charge in [-0.2, -0.15) is 13.2 Å². The van der Waals surface area contributed by atoms with Crippen molar-refractivity contribution in [2.24, 2.45) is 0 Å². The number of carbonyl (C=O) groups excluding carboxylic acids is 1. The maximum atomic E-state index is 13.0. The van der Waals surface area contributed by atoms with E-state index in [2.05, 4.69) is 4.90 Å². The van der Waals surface area contributed by atoms with Crippen LogP contribution < -0.4 is 9.80 Å². The second kappa shape index (κ2) is 9.94. The van der Waals surface area contributed by atoms with Crippen LogP contribution in [-0.2, 0) is 9.53 Å². The molecule has 0 bridgehead atoms. The van der Waals surface area contributed by atoms with Gasteiger partial charge in [-0.3, -0.25) is 4.79 Å². The first-order chi connectivity index (χ1) is 12.6. The largest absolute Gasteiger partial charge is 0.478 e. The van der Waals surface area contributed by atoms with E-state index in [0.717, 1.165) is 13.1 Å². The summed E-state index contributed by atoms with van der Waals surface area (Å²) < 4.78 is 43.9. The van der Waals surface area contributed by atoms with Gasteiger partial charge in [-0.15, -0.1) is 12.4 Å². The van der Waals surface area contributed by atoms with Crippen LogP contribution in [0.3, 0.4) is 0 Å². The Bertz CT molecular complexity index is 695. The quantitative estimate of drug-likeness (QED) is 0.752. The molecule has 0 saturated carbocycles. The van der Waals surface area contributed by atoms with Crippen molar-refractivity contribution in [1.29, 1.82) is 0 Å². The molecule has 0 unspecified atom stereocenters. The van der Waals surface area contributed by atoms with Gasteiger partial charge in [-0.05, 0) is 25.2 Å². The van der Waals surface area contributed by atoms with Crippen molar-refractivity contribution in [2.75, 3.05) is 63.3 Å². The van der Waals surface area contributed by atoms with Crippen LogP contribution in [0.2, 0.25) is 0 Å². The fourth-order valence-electron chi connectivity index (χ4n) is 2.85. The predicted octanol–water partition coefficient (Wildman–Crippen LogP) is 2.10. The molecule has 0 aromatic heterocycles. The summed E-state index contributed by atoms with van der Waals surface area (Å²) in [7, 11) is 3.25. The van der Waals surface area contributed by atoms with Crippen molar-refractivity contribution in [3.63, 3.8) is 0 Å². The van der Waals surface area contributed by atoms with Gasteiger partial charge in [0.05, 0.1) is 17.9 Å². The molecule has 2 rings (SSSR count). The fourth-order valence-corrected chi connectivity index (χ4v) is 2.85. The normalized spacial score (nSPS) is 15.1. The molecule has 0 aliphatic carbocycles. The maximum absolute atomic E-state index is 13.0. The van der Waals surface area contributed by atoms with Gasteiger partial charge in [0.15, 0.2) is 0 Å². The molecule has 158 valence electrons. The van der Waals surface area contributed by atoms with E-state index in [1.807, 2.05) is 11.9 Å². The van der Waals surface area contributed by atoms with Gasteiger partial charge in [-0.1, -0.05) is 0 Å². The Morgan fingerprint density at radius 3 is 2.32 bits per heavy atom. The molecule has 1 N–H and O–H groups in total. The van der Waals surface area contributed by atoms with Crippen LogP contribution in [0.1, 0.15) is 10.4 Å². The summed E-state index contributed by atoms with van der Waals surface area (Å²) in [5.41, 5.74) is -0.0969. The highest BCUT2D eigenvalue weighted by Crippen LogP contribution is 2.31. The number of carbonyl (C=O) groups is 2. The highest BCUT2D eigenvalue weighted by molar-refractivity contribution is 6.04. The number of halogens is 4. The molecule has 1 saturated heterocycles. The number of piperazine rings is 1. The summed E-state index contributed by atoms with van der Waals surface area (Å²) >= 11 is 0. The molecule has 1 fully saturated rings. The Hall–Kier alpha value is -2.04. The molecule has 1 aromatic rings. The van der Waals surface area contributed by atoms with E-state index in [1.165, 1.54) is 19.2 Å². The number of ether oxygens (including phenoxy) is 1. The third-order valence-corrected chi connectivity index (χ3v) is 4.38. The van der Waals surface area contributed by atoms with Gasteiger partial charge in [0.1, 0.15) is 0 Å². The summed E-state index contributed by atoms with van der Waals surface area (Å²) in [6.07, 6.45) is -5.13. The first-order valence-corrected chi connectivity index (χ1v) is 8.33. The minimum atomic E-state index is -5.13. The summed E-state index contributed by atoms with van der Waals surface area (Å²) in [5.74, 6) is -3.54. The van der Waals surface area contributed by atoms with Crippen LogP contribution in [0.25, 0.3) is 0 Å². The number of alkyl halides is 3. The van der Waals surface area contributed by atoms with Gasteiger partial charge < -0.3 is 24.5 Å². The van der Waals surface area contributed by atoms with Crippen LogP contribution in [0, 0.1) is 0 Å². The van der Waals surface area contributed by atoms with Gasteiger partial charge in [0, 0.05) is 45.5 Å². The average molecular weight is 426 g/mol. The van der Waals surface area contributed by atoms with Crippen molar-refractivity contribution in [3.8, 4) is 0 Å². The molecule has 0 spiro atoms. The number of benzene rings is 1. The molecule has 1 amide bonds. The van der Waals surface area contributed by atoms with E-state index in [4.69, 9.17) is 4.74 Å². The lowest BCUT2D eigenvalue weighted by molar-refractivity contribution is -0.170. The third-order valence-electron chi connectivity index (χ3n) is 4.38. The highest BCUT2D eigenvalue weighted by Gasteiger charge is 2.43. The van der Waals surface area contributed by atoms with Gasteiger partial charge in [-0.25, -0.2) is 4.79 Å². The zero-order valence-electron chi connectivity index (χ0n) is 15.5. The minimum absolute atomic E-state index is 0. The molecular weight excluding hydrogens is 403 g/mol. The van der Waals surface area contributed by atoms with Crippen LogP contribution in [0.4, 0.5) is 24.5 Å². The number of amides is 1. The van der Waals surface area contributed by atoms with Crippen molar-refractivity contribution in [3.05, 3.63) is 23.8 Å². The number of carboxylic acid groups (broad SMARTS) is 1. The molecule has 1 aliphatic heterocycles. The summed E-state index contributed by atoms with van der Waals surface area (Å²) in [6, 6.07) is 4.10. The van der Waals surface area contributed by atoms with Gasteiger partial charge >= 0.3 is 18.1 Å². The molecule has 1 aliphatic rings. The molecule has 0 radical (unpaired) electrons. The molecule has 7 nitrogen and oxygen atoms in total. The smallest absolute Gasteiger partial charge is 0.471 e.